The van der Waals surface area contributed by atoms with Gasteiger partial charge in [0.05, 0.1) is 5.69 Å². The normalized spacial score (nSPS) is 10.4. The van der Waals surface area contributed by atoms with E-state index in [0.717, 1.165) is 30.2 Å². The Hall–Kier alpha value is -1.48. The predicted octanol–water partition coefficient (Wildman–Crippen LogP) is 4.50. The van der Waals surface area contributed by atoms with E-state index in [9.17, 15) is 0 Å². The lowest BCUT2D eigenvalue weighted by Gasteiger charge is -2.06. The van der Waals surface area contributed by atoms with Gasteiger partial charge in [0.15, 0.2) is 0 Å². The number of rotatable bonds is 6. The van der Waals surface area contributed by atoms with E-state index < -0.39 is 0 Å². The van der Waals surface area contributed by atoms with Gasteiger partial charge in [-0.2, -0.15) is 0 Å². The molecular weight excluding hydrogens is 252 g/mol. The Kier molecular flexibility index (Phi) is 5.28. The average molecular weight is 272 g/mol. The molecule has 0 saturated heterocycles. The molecule has 0 fully saturated rings. The second kappa shape index (κ2) is 7.19. The Morgan fingerprint density at radius 3 is 2.79 bits per heavy atom. The SMILES string of the molecule is CCCNc1cccc(CSc2cccc(C)c2)n1. The summed E-state index contributed by atoms with van der Waals surface area (Å²) >= 11 is 1.83. The molecule has 0 aliphatic rings. The van der Waals surface area contributed by atoms with Gasteiger partial charge in [0.25, 0.3) is 0 Å². The summed E-state index contributed by atoms with van der Waals surface area (Å²) in [6.45, 7) is 5.25. The molecule has 1 aromatic heterocycles. The zero-order valence-corrected chi connectivity index (χ0v) is 12.3. The summed E-state index contributed by atoms with van der Waals surface area (Å²) in [4.78, 5) is 5.92. The van der Waals surface area contributed by atoms with Gasteiger partial charge < -0.3 is 5.32 Å². The molecular formula is C16H20N2S. The van der Waals surface area contributed by atoms with Gasteiger partial charge in [0.1, 0.15) is 5.82 Å². The minimum Gasteiger partial charge on any atom is -0.370 e. The van der Waals surface area contributed by atoms with E-state index in [0.29, 0.717) is 0 Å². The fourth-order valence-corrected chi connectivity index (χ4v) is 2.69. The van der Waals surface area contributed by atoms with E-state index in [1.165, 1.54) is 10.5 Å². The first-order chi connectivity index (χ1) is 9.28. The monoisotopic (exact) mass is 272 g/mol. The highest BCUT2D eigenvalue weighted by molar-refractivity contribution is 7.98. The van der Waals surface area contributed by atoms with Crippen LogP contribution in [0.1, 0.15) is 24.6 Å². The van der Waals surface area contributed by atoms with E-state index in [-0.39, 0.29) is 0 Å². The molecule has 0 aliphatic heterocycles. The van der Waals surface area contributed by atoms with Crippen molar-refractivity contribution >= 4 is 17.6 Å². The number of anilines is 1. The third-order valence-electron chi connectivity index (χ3n) is 2.74. The van der Waals surface area contributed by atoms with Crippen LogP contribution in [0.15, 0.2) is 47.4 Å². The van der Waals surface area contributed by atoms with Crippen LogP contribution in [0.3, 0.4) is 0 Å². The lowest BCUT2D eigenvalue weighted by Crippen LogP contribution is -2.02. The van der Waals surface area contributed by atoms with Crippen LogP contribution in [0.2, 0.25) is 0 Å². The van der Waals surface area contributed by atoms with Crippen LogP contribution < -0.4 is 5.32 Å². The Morgan fingerprint density at radius 2 is 2.00 bits per heavy atom. The molecule has 0 unspecified atom stereocenters. The molecule has 1 heterocycles. The van der Waals surface area contributed by atoms with E-state index in [1.807, 2.05) is 17.8 Å². The molecule has 1 N–H and O–H groups in total. The Labute approximate surface area is 119 Å². The standard InChI is InChI=1S/C16H20N2S/c1-3-10-17-16-9-5-7-14(18-16)12-19-15-8-4-6-13(2)11-15/h4-9,11H,3,10,12H2,1-2H3,(H,17,18). The molecule has 100 valence electrons. The number of pyridine rings is 1. The second-order valence-electron chi connectivity index (χ2n) is 4.55. The maximum atomic E-state index is 4.62. The van der Waals surface area contributed by atoms with E-state index >= 15 is 0 Å². The zero-order chi connectivity index (χ0) is 13.5. The van der Waals surface area contributed by atoms with Crippen LogP contribution in [0.4, 0.5) is 5.82 Å². The lowest BCUT2D eigenvalue weighted by atomic mass is 10.2. The summed E-state index contributed by atoms with van der Waals surface area (Å²) in [6, 6.07) is 14.8. The number of hydrogen-bond donors (Lipinski definition) is 1. The predicted molar refractivity (Wildman–Crippen MR) is 83.8 cm³/mol. The highest BCUT2D eigenvalue weighted by Crippen LogP contribution is 2.23. The van der Waals surface area contributed by atoms with Crippen LogP contribution in [0, 0.1) is 6.92 Å². The van der Waals surface area contributed by atoms with Crippen molar-refractivity contribution in [1.82, 2.24) is 4.98 Å². The molecule has 0 amide bonds. The Balaban J connectivity index is 1.95. The molecule has 2 nitrogen and oxygen atoms in total. The van der Waals surface area contributed by atoms with Gasteiger partial charge in [-0.3, -0.25) is 0 Å². The first-order valence-electron chi connectivity index (χ1n) is 6.67. The number of nitrogens with one attached hydrogen (secondary N) is 1. The molecule has 0 aliphatic carbocycles. The second-order valence-corrected chi connectivity index (χ2v) is 5.59. The number of aromatic nitrogens is 1. The summed E-state index contributed by atoms with van der Waals surface area (Å²) in [5, 5.41) is 3.32. The topological polar surface area (TPSA) is 24.9 Å². The van der Waals surface area contributed by atoms with Gasteiger partial charge in [-0.15, -0.1) is 11.8 Å². The number of hydrogen-bond acceptors (Lipinski definition) is 3. The van der Waals surface area contributed by atoms with Gasteiger partial charge in [0.2, 0.25) is 0 Å². The molecule has 2 aromatic rings. The highest BCUT2D eigenvalue weighted by atomic mass is 32.2. The zero-order valence-electron chi connectivity index (χ0n) is 11.5. The fraction of sp³-hybridized carbons (Fsp3) is 0.312. The Morgan fingerprint density at radius 1 is 1.16 bits per heavy atom. The molecule has 0 spiro atoms. The third-order valence-corrected chi connectivity index (χ3v) is 3.77. The van der Waals surface area contributed by atoms with Crippen LogP contribution in [0.5, 0.6) is 0 Å². The van der Waals surface area contributed by atoms with Crippen molar-refractivity contribution < 1.29 is 0 Å². The van der Waals surface area contributed by atoms with Gasteiger partial charge in [-0.25, -0.2) is 4.98 Å². The van der Waals surface area contributed by atoms with Crippen LogP contribution in [-0.2, 0) is 5.75 Å². The number of thioether (sulfide) groups is 1. The number of nitrogens with zero attached hydrogens (tertiary/aromatic N) is 1. The lowest BCUT2D eigenvalue weighted by molar-refractivity contribution is 0.965. The van der Waals surface area contributed by atoms with Crippen LogP contribution in [-0.4, -0.2) is 11.5 Å². The molecule has 0 radical (unpaired) electrons. The van der Waals surface area contributed by atoms with Gasteiger partial charge in [-0.1, -0.05) is 30.7 Å². The minimum absolute atomic E-state index is 0.908. The first-order valence-corrected chi connectivity index (χ1v) is 7.66. The maximum absolute atomic E-state index is 4.62. The summed E-state index contributed by atoms with van der Waals surface area (Å²) in [5.74, 6) is 1.88. The smallest absolute Gasteiger partial charge is 0.126 e. The van der Waals surface area contributed by atoms with Crippen molar-refractivity contribution in [2.75, 3.05) is 11.9 Å². The maximum Gasteiger partial charge on any atom is 0.126 e. The summed E-state index contributed by atoms with van der Waals surface area (Å²) in [6.07, 6.45) is 1.12. The van der Waals surface area contributed by atoms with E-state index in [2.05, 4.69) is 60.5 Å². The molecule has 2 rings (SSSR count). The minimum atomic E-state index is 0.908. The van der Waals surface area contributed by atoms with Crippen molar-refractivity contribution in [3.05, 3.63) is 53.7 Å². The summed E-state index contributed by atoms with van der Waals surface area (Å²) in [7, 11) is 0. The first kappa shape index (κ1) is 13.9. The Bertz CT molecular complexity index is 526. The third kappa shape index (κ3) is 4.60. The van der Waals surface area contributed by atoms with Crippen LogP contribution in [0.25, 0.3) is 0 Å². The molecule has 19 heavy (non-hydrogen) atoms. The van der Waals surface area contributed by atoms with Crippen molar-refractivity contribution in [1.29, 1.82) is 0 Å². The van der Waals surface area contributed by atoms with Crippen molar-refractivity contribution in [2.24, 2.45) is 0 Å². The molecule has 3 heteroatoms. The van der Waals surface area contributed by atoms with Gasteiger partial charge >= 0.3 is 0 Å². The largest absolute Gasteiger partial charge is 0.370 e. The highest BCUT2D eigenvalue weighted by Gasteiger charge is 2.00. The van der Waals surface area contributed by atoms with Gasteiger partial charge in [-0.05, 0) is 37.6 Å². The quantitative estimate of drug-likeness (QED) is 0.783. The van der Waals surface area contributed by atoms with Crippen molar-refractivity contribution in [3.8, 4) is 0 Å². The van der Waals surface area contributed by atoms with Crippen molar-refractivity contribution in [2.45, 2.75) is 30.9 Å². The van der Waals surface area contributed by atoms with E-state index in [4.69, 9.17) is 0 Å². The van der Waals surface area contributed by atoms with E-state index in [1.54, 1.807) is 0 Å². The fourth-order valence-electron chi connectivity index (χ4n) is 1.77. The number of aryl methyl sites for hydroxylation is 1. The summed E-state index contributed by atoms with van der Waals surface area (Å²) < 4.78 is 0. The number of benzene rings is 1. The van der Waals surface area contributed by atoms with Crippen molar-refractivity contribution in [3.63, 3.8) is 0 Å². The molecule has 0 atom stereocenters. The summed E-state index contributed by atoms with van der Waals surface area (Å²) in [5.41, 5.74) is 2.42. The van der Waals surface area contributed by atoms with Crippen LogP contribution >= 0.6 is 11.8 Å². The molecule has 1 aromatic carbocycles. The molecule has 0 bridgehead atoms. The average Bonchev–Trinajstić information content (AvgIpc) is 2.43. The van der Waals surface area contributed by atoms with Gasteiger partial charge in [0, 0.05) is 17.2 Å². The molecule has 0 saturated carbocycles.